The van der Waals surface area contributed by atoms with E-state index < -0.39 is 0 Å². The lowest BCUT2D eigenvalue weighted by Crippen LogP contribution is -2.57. The Kier molecular flexibility index (Phi) is 2.98. The van der Waals surface area contributed by atoms with Crippen LogP contribution in [-0.4, -0.2) is 46.2 Å². The fourth-order valence-electron chi connectivity index (χ4n) is 2.76. The zero-order valence-electron chi connectivity index (χ0n) is 11.2. The summed E-state index contributed by atoms with van der Waals surface area (Å²) in [5.74, 6) is 0.101. The maximum atomic E-state index is 12.7. The molecule has 5 nitrogen and oxygen atoms in total. The number of carbonyl (C=O) groups is 1. The summed E-state index contributed by atoms with van der Waals surface area (Å²) >= 11 is 0. The molecule has 1 amide bonds. The first kappa shape index (κ1) is 12.2. The second-order valence-corrected chi connectivity index (χ2v) is 5.24. The highest BCUT2D eigenvalue weighted by atomic mass is 16.2. The third-order valence-electron chi connectivity index (χ3n) is 3.75. The molecule has 1 saturated heterocycles. The summed E-state index contributed by atoms with van der Waals surface area (Å²) in [7, 11) is 0. The number of H-pyrrole nitrogens is 1. The van der Waals surface area contributed by atoms with Crippen LogP contribution in [0.15, 0.2) is 24.4 Å². The Morgan fingerprint density at radius 2 is 2.05 bits per heavy atom. The van der Waals surface area contributed by atoms with Crippen LogP contribution >= 0.6 is 0 Å². The van der Waals surface area contributed by atoms with Gasteiger partial charge in [-0.05, 0) is 32.0 Å². The van der Waals surface area contributed by atoms with Gasteiger partial charge in [0.2, 0.25) is 0 Å². The van der Waals surface area contributed by atoms with E-state index in [1.165, 1.54) is 0 Å². The number of nitrogens with zero attached hydrogens (tertiary/aromatic N) is 2. The van der Waals surface area contributed by atoms with Crippen molar-refractivity contribution in [2.75, 3.05) is 13.1 Å². The largest absolute Gasteiger partial charge is 0.331 e. The molecule has 2 atom stereocenters. The second kappa shape index (κ2) is 4.66. The highest BCUT2D eigenvalue weighted by Gasteiger charge is 2.29. The molecule has 0 radical (unpaired) electrons. The van der Waals surface area contributed by atoms with Crippen molar-refractivity contribution in [3.8, 4) is 0 Å². The average molecular weight is 258 g/mol. The summed E-state index contributed by atoms with van der Waals surface area (Å²) in [5, 5.41) is 11.2. The van der Waals surface area contributed by atoms with Crippen molar-refractivity contribution in [3.05, 3.63) is 30.0 Å². The average Bonchev–Trinajstić information content (AvgIpc) is 2.85. The molecule has 100 valence electrons. The van der Waals surface area contributed by atoms with Crippen LogP contribution in [0.2, 0.25) is 0 Å². The summed E-state index contributed by atoms with van der Waals surface area (Å²) in [6.45, 7) is 5.86. The number of fused-ring (bicyclic) bond motifs is 1. The number of rotatable bonds is 1. The highest BCUT2D eigenvalue weighted by Crippen LogP contribution is 2.18. The normalized spacial score (nSPS) is 23.8. The van der Waals surface area contributed by atoms with Crippen LogP contribution < -0.4 is 5.32 Å². The van der Waals surface area contributed by atoms with E-state index in [1.807, 2.05) is 23.1 Å². The number of hydrogen-bond donors (Lipinski definition) is 2. The van der Waals surface area contributed by atoms with Gasteiger partial charge in [-0.15, -0.1) is 0 Å². The summed E-state index contributed by atoms with van der Waals surface area (Å²) in [4.78, 5) is 14.6. The molecule has 1 aromatic carbocycles. The van der Waals surface area contributed by atoms with E-state index >= 15 is 0 Å². The number of nitrogens with one attached hydrogen (secondary N) is 2. The number of benzene rings is 1. The second-order valence-electron chi connectivity index (χ2n) is 5.24. The maximum Gasteiger partial charge on any atom is 0.254 e. The molecule has 0 spiro atoms. The van der Waals surface area contributed by atoms with Crippen molar-refractivity contribution < 1.29 is 4.79 Å². The highest BCUT2D eigenvalue weighted by molar-refractivity contribution is 5.98. The molecule has 2 N–H and O–H groups in total. The van der Waals surface area contributed by atoms with Gasteiger partial charge in [-0.2, -0.15) is 5.10 Å². The van der Waals surface area contributed by atoms with Crippen LogP contribution in [0.3, 0.4) is 0 Å². The molecular formula is C14H18N4O. The van der Waals surface area contributed by atoms with Crippen molar-refractivity contribution >= 4 is 16.8 Å². The number of aromatic nitrogens is 2. The van der Waals surface area contributed by atoms with Crippen molar-refractivity contribution in [1.82, 2.24) is 20.4 Å². The smallest absolute Gasteiger partial charge is 0.254 e. The standard InChI is InChI=1S/C14H18N4O/c1-9-6-15-7-10(2)18(9)14(19)11-3-4-13-12(5-11)8-16-17-13/h3-5,8-10,15H,6-7H2,1-2H3,(H,16,17)/t9-,10-/m0/s1. The van der Waals surface area contributed by atoms with Crippen molar-refractivity contribution in [2.45, 2.75) is 25.9 Å². The molecule has 2 heterocycles. The molecule has 0 saturated carbocycles. The first-order valence-electron chi connectivity index (χ1n) is 6.63. The van der Waals surface area contributed by atoms with E-state index in [0.29, 0.717) is 0 Å². The SMILES string of the molecule is C[C@H]1CNC[C@H](C)N1C(=O)c1ccc2[nH]ncc2c1. The predicted molar refractivity (Wildman–Crippen MR) is 74.1 cm³/mol. The Labute approximate surface area is 112 Å². The predicted octanol–water partition coefficient (Wildman–Crippen LogP) is 1.39. The number of piperazine rings is 1. The zero-order valence-corrected chi connectivity index (χ0v) is 11.2. The molecule has 0 unspecified atom stereocenters. The summed E-state index contributed by atoms with van der Waals surface area (Å²) in [6.07, 6.45) is 1.75. The quantitative estimate of drug-likeness (QED) is 0.812. The zero-order chi connectivity index (χ0) is 13.4. The fraction of sp³-hybridized carbons (Fsp3) is 0.429. The van der Waals surface area contributed by atoms with E-state index in [0.717, 1.165) is 29.6 Å². The van der Waals surface area contributed by atoms with E-state index in [9.17, 15) is 4.79 Å². The first-order chi connectivity index (χ1) is 9.16. The Morgan fingerprint density at radius 1 is 1.32 bits per heavy atom. The van der Waals surface area contributed by atoms with Gasteiger partial charge in [-0.1, -0.05) is 0 Å². The Hall–Kier alpha value is -1.88. The van der Waals surface area contributed by atoms with E-state index in [4.69, 9.17) is 0 Å². The van der Waals surface area contributed by atoms with Crippen LogP contribution in [0, 0.1) is 0 Å². The molecule has 1 aliphatic heterocycles. The first-order valence-corrected chi connectivity index (χ1v) is 6.63. The number of aromatic amines is 1. The third-order valence-corrected chi connectivity index (χ3v) is 3.75. The van der Waals surface area contributed by atoms with Gasteiger partial charge in [-0.25, -0.2) is 0 Å². The lowest BCUT2D eigenvalue weighted by Gasteiger charge is -2.39. The Balaban J connectivity index is 1.93. The summed E-state index contributed by atoms with van der Waals surface area (Å²) < 4.78 is 0. The Bertz CT molecular complexity index is 596. The van der Waals surface area contributed by atoms with E-state index in [2.05, 4.69) is 29.4 Å². The van der Waals surface area contributed by atoms with Crippen molar-refractivity contribution in [2.24, 2.45) is 0 Å². The molecule has 1 aliphatic rings. The number of carbonyl (C=O) groups excluding carboxylic acids is 1. The number of hydrogen-bond acceptors (Lipinski definition) is 3. The number of amides is 1. The monoisotopic (exact) mass is 258 g/mol. The minimum atomic E-state index is 0.101. The minimum absolute atomic E-state index is 0.101. The van der Waals surface area contributed by atoms with Crippen LogP contribution in [0.4, 0.5) is 0 Å². The van der Waals surface area contributed by atoms with Gasteiger partial charge >= 0.3 is 0 Å². The minimum Gasteiger partial charge on any atom is -0.331 e. The Morgan fingerprint density at radius 3 is 2.79 bits per heavy atom. The molecule has 0 aliphatic carbocycles. The van der Waals surface area contributed by atoms with Crippen LogP contribution in [-0.2, 0) is 0 Å². The van der Waals surface area contributed by atoms with Gasteiger partial charge in [0, 0.05) is 36.1 Å². The molecule has 5 heteroatoms. The fourth-order valence-corrected chi connectivity index (χ4v) is 2.76. The van der Waals surface area contributed by atoms with Gasteiger partial charge in [0.15, 0.2) is 0 Å². The molecular weight excluding hydrogens is 240 g/mol. The molecule has 2 aromatic rings. The topological polar surface area (TPSA) is 61.0 Å². The summed E-state index contributed by atoms with van der Waals surface area (Å²) in [5.41, 5.74) is 1.69. The lowest BCUT2D eigenvalue weighted by molar-refractivity contribution is 0.0544. The molecule has 3 rings (SSSR count). The lowest BCUT2D eigenvalue weighted by atomic mass is 10.1. The van der Waals surface area contributed by atoms with E-state index in [-0.39, 0.29) is 18.0 Å². The van der Waals surface area contributed by atoms with E-state index in [1.54, 1.807) is 6.20 Å². The van der Waals surface area contributed by atoms with Crippen LogP contribution in [0.1, 0.15) is 24.2 Å². The van der Waals surface area contributed by atoms with Crippen molar-refractivity contribution in [3.63, 3.8) is 0 Å². The third kappa shape index (κ3) is 2.10. The van der Waals surface area contributed by atoms with Gasteiger partial charge in [0.1, 0.15) is 0 Å². The molecule has 19 heavy (non-hydrogen) atoms. The van der Waals surface area contributed by atoms with Gasteiger partial charge in [0.25, 0.3) is 5.91 Å². The van der Waals surface area contributed by atoms with Crippen LogP contribution in [0.5, 0.6) is 0 Å². The van der Waals surface area contributed by atoms with Gasteiger partial charge in [-0.3, -0.25) is 9.89 Å². The summed E-state index contributed by atoms with van der Waals surface area (Å²) in [6, 6.07) is 6.12. The molecule has 0 bridgehead atoms. The van der Waals surface area contributed by atoms with Crippen molar-refractivity contribution in [1.29, 1.82) is 0 Å². The van der Waals surface area contributed by atoms with Crippen LogP contribution in [0.25, 0.3) is 10.9 Å². The maximum absolute atomic E-state index is 12.7. The van der Waals surface area contributed by atoms with Gasteiger partial charge in [0.05, 0.1) is 11.7 Å². The molecule has 1 aromatic heterocycles. The van der Waals surface area contributed by atoms with Gasteiger partial charge < -0.3 is 10.2 Å². The molecule has 1 fully saturated rings.